The van der Waals surface area contributed by atoms with Crippen LogP contribution in [0.4, 0.5) is 0 Å². The van der Waals surface area contributed by atoms with E-state index < -0.39 is 0 Å². The lowest BCUT2D eigenvalue weighted by atomic mass is 9.79. The average Bonchev–Trinajstić information content (AvgIpc) is 3.12. The molecule has 5 heteroatoms. The van der Waals surface area contributed by atoms with Crippen LogP contribution in [0.15, 0.2) is 66.9 Å². The topological polar surface area (TPSA) is 36.3 Å². The summed E-state index contributed by atoms with van der Waals surface area (Å²) in [5.74, 6) is 0. The van der Waals surface area contributed by atoms with Crippen LogP contribution < -0.4 is 5.46 Å². The van der Waals surface area contributed by atoms with Crippen LogP contribution in [0.3, 0.4) is 0 Å². The average molecular weight is 370 g/mol. The first-order valence-corrected chi connectivity index (χ1v) is 9.68. The Morgan fingerprint density at radius 1 is 0.786 bits per heavy atom. The maximum Gasteiger partial charge on any atom is 0.494 e. The summed E-state index contributed by atoms with van der Waals surface area (Å²) in [7, 11) is -0.352. The predicted octanol–water partition coefficient (Wildman–Crippen LogP) is 4.48. The first-order valence-electron chi connectivity index (χ1n) is 9.68. The molecule has 0 radical (unpaired) electrons. The molecule has 140 valence electrons. The SMILES string of the molecule is CC1(C)OB(c2ccc(-n3c4ccccc4c4cccnc43)cc2)OC1(C)C. The third kappa shape index (κ3) is 2.50. The third-order valence-electron chi connectivity index (χ3n) is 6.11. The van der Waals surface area contributed by atoms with Crippen molar-refractivity contribution in [3.63, 3.8) is 0 Å². The molecule has 1 fully saturated rings. The van der Waals surface area contributed by atoms with E-state index in [1.54, 1.807) is 0 Å². The van der Waals surface area contributed by atoms with Crippen molar-refractivity contribution in [2.24, 2.45) is 0 Å². The van der Waals surface area contributed by atoms with Gasteiger partial charge < -0.3 is 9.31 Å². The van der Waals surface area contributed by atoms with Crippen LogP contribution >= 0.6 is 0 Å². The Morgan fingerprint density at radius 3 is 2.14 bits per heavy atom. The van der Waals surface area contributed by atoms with Crippen molar-refractivity contribution in [1.29, 1.82) is 0 Å². The lowest BCUT2D eigenvalue weighted by Crippen LogP contribution is -2.41. The molecule has 4 aromatic rings. The molecule has 0 spiro atoms. The second-order valence-corrected chi connectivity index (χ2v) is 8.41. The first kappa shape index (κ1) is 17.5. The fraction of sp³-hybridized carbons (Fsp3) is 0.261. The van der Waals surface area contributed by atoms with Crippen LogP contribution in [-0.4, -0.2) is 27.9 Å². The summed E-state index contributed by atoms with van der Waals surface area (Å²) in [6.45, 7) is 8.30. The van der Waals surface area contributed by atoms with Gasteiger partial charge in [0, 0.05) is 22.7 Å². The van der Waals surface area contributed by atoms with Gasteiger partial charge in [0.25, 0.3) is 0 Å². The zero-order valence-electron chi connectivity index (χ0n) is 16.6. The Morgan fingerprint density at radius 2 is 1.43 bits per heavy atom. The molecule has 0 aliphatic carbocycles. The van der Waals surface area contributed by atoms with E-state index in [0.717, 1.165) is 27.7 Å². The van der Waals surface area contributed by atoms with Gasteiger partial charge in [0.15, 0.2) is 0 Å². The maximum absolute atomic E-state index is 6.18. The van der Waals surface area contributed by atoms with Gasteiger partial charge in [-0.1, -0.05) is 30.3 Å². The highest BCUT2D eigenvalue weighted by Gasteiger charge is 2.51. The summed E-state index contributed by atoms with van der Waals surface area (Å²) in [6.07, 6.45) is 1.84. The standard InChI is InChI=1S/C23H23BN2O2/c1-22(2)23(3,4)28-24(27-22)16-11-13-17(14-12-16)26-20-10-6-5-8-18(20)19-9-7-15-25-21(19)26/h5-15H,1-4H3. The minimum atomic E-state index is -0.352. The molecule has 2 aromatic carbocycles. The Labute approximate surface area is 165 Å². The largest absolute Gasteiger partial charge is 0.494 e. The number of benzene rings is 2. The second-order valence-electron chi connectivity index (χ2n) is 8.41. The lowest BCUT2D eigenvalue weighted by molar-refractivity contribution is 0.00578. The van der Waals surface area contributed by atoms with Gasteiger partial charge in [0.05, 0.1) is 16.7 Å². The molecule has 4 nitrogen and oxygen atoms in total. The number of fused-ring (bicyclic) bond motifs is 3. The Bertz CT molecular complexity index is 1110. The first-order chi connectivity index (χ1) is 13.4. The van der Waals surface area contributed by atoms with Crippen LogP contribution in [0.1, 0.15) is 27.7 Å². The molecule has 1 aliphatic heterocycles. The van der Waals surface area contributed by atoms with Crippen LogP contribution in [0.25, 0.3) is 27.6 Å². The van der Waals surface area contributed by atoms with Crippen molar-refractivity contribution in [2.75, 3.05) is 0 Å². The highest BCUT2D eigenvalue weighted by molar-refractivity contribution is 6.62. The summed E-state index contributed by atoms with van der Waals surface area (Å²) >= 11 is 0. The molecule has 3 heterocycles. The van der Waals surface area contributed by atoms with Crippen LogP contribution in [-0.2, 0) is 9.31 Å². The summed E-state index contributed by atoms with van der Waals surface area (Å²) in [4.78, 5) is 4.65. The molecule has 0 unspecified atom stereocenters. The molecule has 0 saturated carbocycles. The van der Waals surface area contributed by atoms with E-state index >= 15 is 0 Å². The Balaban J connectivity index is 1.59. The van der Waals surface area contributed by atoms with Gasteiger partial charge in [-0.2, -0.15) is 0 Å². The minimum absolute atomic E-state index is 0.340. The zero-order valence-corrected chi connectivity index (χ0v) is 16.6. The predicted molar refractivity (Wildman–Crippen MR) is 114 cm³/mol. The molecule has 0 atom stereocenters. The van der Waals surface area contributed by atoms with Crippen molar-refractivity contribution in [3.8, 4) is 5.69 Å². The number of aromatic nitrogens is 2. The van der Waals surface area contributed by atoms with E-state index in [1.807, 2.05) is 12.3 Å². The smallest absolute Gasteiger partial charge is 0.399 e. The normalized spacial score (nSPS) is 18.2. The summed E-state index contributed by atoms with van der Waals surface area (Å²) < 4.78 is 14.6. The van der Waals surface area contributed by atoms with Crippen LogP contribution in [0, 0.1) is 0 Å². The van der Waals surface area contributed by atoms with Crippen molar-refractivity contribution in [2.45, 2.75) is 38.9 Å². The van der Waals surface area contributed by atoms with Crippen molar-refractivity contribution < 1.29 is 9.31 Å². The lowest BCUT2D eigenvalue weighted by Gasteiger charge is -2.32. The molecule has 2 aromatic heterocycles. The number of para-hydroxylation sites is 1. The second kappa shape index (κ2) is 5.93. The summed E-state index contributed by atoms with van der Waals surface area (Å²) in [6, 6.07) is 20.9. The minimum Gasteiger partial charge on any atom is -0.399 e. The van der Waals surface area contributed by atoms with Gasteiger partial charge in [-0.15, -0.1) is 0 Å². The van der Waals surface area contributed by atoms with Gasteiger partial charge >= 0.3 is 7.12 Å². The zero-order chi connectivity index (χ0) is 19.5. The van der Waals surface area contributed by atoms with E-state index in [0.29, 0.717) is 0 Å². The molecule has 1 aliphatic rings. The fourth-order valence-electron chi connectivity index (χ4n) is 3.82. The van der Waals surface area contributed by atoms with Crippen LogP contribution in [0.2, 0.25) is 0 Å². The summed E-state index contributed by atoms with van der Waals surface area (Å²) in [5.41, 5.74) is 3.54. The number of pyridine rings is 1. The molecular weight excluding hydrogens is 347 g/mol. The number of hydrogen-bond acceptors (Lipinski definition) is 3. The third-order valence-corrected chi connectivity index (χ3v) is 6.11. The Kier molecular flexibility index (Phi) is 3.70. The fourth-order valence-corrected chi connectivity index (χ4v) is 3.82. The van der Waals surface area contributed by atoms with Crippen molar-refractivity contribution >= 4 is 34.5 Å². The summed E-state index contributed by atoms with van der Waals surface area (Å²) in [5, 5.41) is 2.37. The highest BCUT2D eigenvalue weighted by atomic mass is 16.7. The van der Waals surface area contributed by atoms with E-state index in [4.69, 9.17) is 9.31 Å². The van der Waals surface area contributed by atoms with E-state index in [2.05, 4.69) is 91.8 Å². The highest BCUT2D eigenvalue weighted by Crippen LogP contribution is 2.36. The molecule has 5 rings (SSSR count). The molecule has 1 saturated heterocycles. The van der Waals surface area contributed by atoms with Crippen LogP contribution in [0.5, 0.6) is 0 Å². The van der Waals surface area contributed by atoms with Gasteiger partial charge in [-0.05, 0) is 63.5 Å². The van der Waals surface area contributed by atoms with Gasteiger partial charge in [0.1, 0.15) is 5.65 Å². The molecule has 0 bridgehead atoms. The molecular formula is C23H23BN2O2. The van der Waals surface area contributed by atoms with Gasteiger partial charge in [0.2, 0.25) is 0 Å². The van der Waals surface area contributed by atoms with E-state index in [-0.39, 0.29) is 18.3 Å². The van der Waals surface area contributed by atoms with Gasteiger partial charge in [-0.25, -0.2) is 4.98 Å². The monoisotopic (exact) mass is 370 g/mol. The van der Waals surface area contributed by atoms with E-state index in [9.17, 15) is 0 Å². The number of nitrogens with zero attached hydrogens (tertiary/aromatic N) is 2. The quantitative estimate of drug-likeness (QED) is 0.488. The Hall–Kier alpha value is -2.63. The molecule has 0 amide bonds. The number of rotatable bonds is 2. The maximum atomic E-state index is 6.18. The van der Waals surface area contributed by atoms with E-state index in [1.165, 1.54) is 5.39 Å². The molecule has 28 heavy (non-hydrogen) atoms. The number of hydrogen-bond donors (Lipinski definition) is 0. The van der Waals surface area contributed by atoms with Crippen molar-refractivity contribution in [3.05, 3.63) is 66.9 Å². The van der Waals surface area contributed by atoms with Gasteiger partial charge in [-0.3, -0.25) is 4.57 Å². The van der Waals surface area contributed by atoms with Crippen molar-refractivity contribution in [1.82, 2.24) is 9.55 Å². The molecule has 0 N–H and O–H groups in total.